The minimum absolute atomic E-state index is 0.0628. The lowest BCUT2D eigenvalue weighted by Crippen LogP contribution is -2.38. The van der Waals surface area contributed by atoms with Gasteiger partial charge >= 0.3 is 6.09 Å². The topological polar surface area (TPSA) is 38.3 Å². The van der Waals surface area contributed by atoms with E-state index in [4.69, 9.17) is 11.6 Å². The highest BCUT2D eigenvalue weighted by atomic mass is 35.5. The van der Waals surface area contributed by atoms with Gasteiger partial charge in [-0.2, -0.15) is 0 Å². The second-order valence-electron chi connectivity index (χ2n) is 3.97. The summed E-state index contributed by atoms with van der Waals surface area (Å²) in [5.74, 6) is 1.53. The number of carbonyl (C=O) groups excluding carboxylic acids is 1. The van der Waals surface area contributed by atoms with Gasteiger partial charge in [0.2, 0.25) is 0 Å². The molecule has 1 N–H and O–H groups in total. The molecule has 2 rings (SSSR count). The molecule has 13 heavy (non-hydrogen) atoms. The van der Waals surface area contributed by atoms with Gasteiger partial charge in [0.25, 0.3) is 0 Å². The molecule has 0 spiro atoms. The Labute approximate surface area is 82.8 Å². The minimum Gasteiger partial charge on any atom is -0.433 e. The molecule has 1 amide bonds. The highest BCUT2D eigenvalue weighted by Gasteiger charge is 2.40. The quantitative estimate of drug-likeness (QED) is 0.698. The zero-order valence-electron chi connectivity index (χ0n) is 7.46. The van der Waals surface area contributed by atoms with Crippen molar-refractivity contribution in [2.45, 2.75) is 31.7 Å². The van der Waals surface area contributed by atoms with E-state index in [2.05, 4.69) is 10.1 Å². The van der Waals surface area contributed by atoms with Crippen LogP contribution in [0.25, 0.3) is 0 Å². The summed E-state index contributed by atoms with van der Waals surface area (Å²) in [4.78, 5) is 11.1. The summed E-state index contributed by atoms with van der Waals surface area (Å²) in [6.45, 7) is 0. The average Bonchev–Trinajstić information content (AvgIpc) is 2.65. The van der Waals surface area contributed by atoms with Crippen LogP contribution in [-0.4, -0.2) is 18.2 Å². The van der Waals surface area contributed by atoms with Gasteiger partial charge in [-0.1, -0.05) is 18.0 Å². The lowest BCUT2D eigenvalue weighted by molar-refractivity contribution is 0.155. The molecule has 0 saturated heterocycles. The Balaban J connectivity index is 1.79. The first kappa shape index (κ1) is 9.13. The molecule has 2 saturated carbocycles. The van der Waals surface area contributed by atoms with Crippen molar-refractivity contribution in [3.05, 3.63) is 0 Å². The van der Waals surface area contributed by atoms with Crippen LogP contribution in [0, 0.1) is 11.8 Å². The van der Waals surface area contributed by atoms with Crippen LogP contribution in [0.15, 0.2) is 0 Å². The second-order valence-corrected chi connectivity index (χ2v) is 4.18. The summed E-state index contributed by atoms with van der Waals surface area (Å²) in [5.41, 5.74) is 0. The van der Waals surface area contributed by atoms with E-state index in [1.807, 2.05) is 0 Å². The number of rotatable bonds is 2. The second kappa shape index (κ2) is 3.74. The molecular formula is C9H14ClNO2. The highest BCUT2D eigenvalue weighted by molar-refractivity contribution is 6.17. The van der Waals surface area contributed by atoms with Crippen LogP contribution in [0.2, 0.25) is 0 Å². The molecule has 3 atom stereocenters. The zero-order valence-corrected chi connectivity index (χ0v) is 8.22. The van der Waals surface area contributed by atoms with Crippen LogP contribution in [0.1, 0.15) is 25.7 Å². The maximum atomic E-state index is 11.1. The Hall–Kier alpha value is -0.440. The third-order valence-electron chi connectivity index (χ3n) is 3.23. The predicted octanol–water partition coefficient (Wildman–Crippen LogP) is 2.10. The summed E-state index contributed by atoms with van der Waals surface area (Å²) >= 11 is 5.28. The van der Waals surface area contributed by atoms with E-state index in [1.54, 1.807) is 0 Å². The number of halogens is 1. The molecular weight excluding hydrogens is 190 g/mol. The van der Waals surface area contributed by atoms with Crippen molar-refractivity contribution < 1.29 is 9.53 Å². The molecule has 0 aliphatic heterocycles. The molecule has 0 heterocycles. The van der Waals surface area contributed by atoms with Crippen LogP contribution in [0.5, 0.6) is 0 Å². The molecule has 0 radical (unpaired) electrons. The van der Waals surface area contributed by atoms with Gasteiger partial charge in [0, 0.05) is 6.04 Å². The van der Waals surface area contributed by atoms with E-state index in [-0.39, 0.29) is 12.2 Å². The standard InChI is InChI=1S/C9H14ClNO2/c10-5-13-9(12)11-8-4-6-1-2-7(8)3-6/h6-8H,1-5H2,(H,11,12)/t6-,7+,8-/m0/s1. The molecule has 0 aromatic carbocycles. The summed E-state index contributed by atoms with van der Waals surface area (Å²) in [5, 5.41) is 2.87. The molecule has 2 fully saturated rings. The third kappa shape index (κ3) is 1.90. The third-order valence-corrected chi connectivity index (χ3v) is 3.34. The fourth-order valence-electron chi connectivity index (χ4n) is 2.66. The van der Waals surface area contributed by atoms with Gasteiger partial charge in [-0.25, -0.2) is 4.79 Å². The number of ether oxygens (including phenoxy) is 1. The Morgan fingerprint density at radius 2 is 2.31 bits per heavy atom. The van der Waals surface area contributed by atoms with Crippen molar-refractivity contribution in [3.8, 4) is 0 Å². The Morgan fingerprint density at radius 1 is 1.46 bits per heavy atom. The van der Waals surface area contributed by atoms with Gasteiger partial charge in [-0.15, -0.1) is 0 Å². The number of alkyl carbamates (subject to hydrolysis) is 1. The lowest BCUT2D eigenvalue weighted by atomic mass is 9.96. The molecule has 4 heteroatoms. The number of hydrogen-bond acceptors (Lipinski definition) is 2. The van der Waals surface area contributed by atoms with E-state index >= 15 is 0 Å². The lowest BCUT2D eigenvalue weighted by Gasteiger charge is -2.21. The van der Waals surface area contributed by atoms with Crippen molar-refractivity contribution >= 4 is 17.7 Å². The fourth-order valence-corrected chi connectivity index (χ4v) is 2.76. The van der Waals surface area contributed by atoms with Crippen LogP contribution in [0.4, 0.5) is 4.79 Å². The van der Waals surface area contributed by atoms with Gasteiger partial charge < -0.3 is 10.1 Å². The van der Waals surface area contributed by atoms with Crippen LogP contribution in [0.3, 0.4) is 0 Å². The Morgan fingerprint density at radius 3 is 2.85 bits per heavy atom. The van der Waals surface area contributed by atoms with E-state index in [1.165, 1.54) is 19.3 Å². The first-order valence-corrected chi connectivity index (χ1v) is 5.32. The fraction of sp³-hybridized carbons (Fsp3) is 0.889. The number of amides is 1. The number of carbonyl (C=O) groups is 1. The summed E-state index contributed by atoms with van der Waals surface area (Å²) in [6.07, 6.45) is 4.64. The monoisotopic (exact) mass is 203 g/mol. The van der Waals surface area contributed by atoms with Crippen LogP contribution in [-0.2, 0) is 4.74 Å². The van der Waals surface area contributed by atoms with Gasteiger partial charge in [-0.3, -0.25) is 0 Å². The molecule has 74 valence electrons. The van der Waals surface area contributed by atoms with Crippen molar-refractivity contribution in [2.24, 2.45) is 11.8 Å². The Kier molecular flexibility index (Phi) is 2.63. The number of fused-ring (bicyclic) bond motifs is 2. The summed E-state index contributed by atoms with van der Waals surface area (Å²) in [7, 11) is 0. The van der Waals surface area contributed by atoms with Crippen LogP contribution < -0.4 is 5.32 Å². The van der Waals surface area contributed by atoms with Crippen LogP contribution >= 0.6 is 11.6 Å². The van der Waals surface area contributed by atoms with Crippen molar-refractivity contribution in [1.82, 2.24) is 5.32 Å². The smallest absolute Gasteiger partial charge is 0.408 e. The molecule has 0 aromatic rings. The normalized spacial score (nSPS) is 36.2. The van der Waals surface area contributed by atoms with Gasteiger partial charge in [0.1, 0.15) is 0 Å². The maximum absolute atomic E-state index is 11.1. The van der Waals surface area contributed by atoms with Crippen molar-refractivity contribution in [2.75, 3.05) is 6.07 Å². The van der Waals surface area contributed by atoms with E-state index in [0.717, 1.165) is 12.3 Å². The van der Waals surface area contributed by atoms with Gasteiger partial charge in [-0.05, 0) is 31.1 Å². The van der Waals surface area contributed by atoms with Crippen molar-refractivity contribution in [3.63, 3.8) is 0 Å². The largest absolute Gasteiger partial charge is 0.433 e. The van der Waals surface area contributed by atoms with Crippen molar-refractivity contribution in [1.29, 1.82) is 0 Å². The molecule has 2 aliphatic rings. The number of alkyl halides is 1. The molecule has 0 unspecified atom stereocenters. The SMILES string of the molecule is O=C(N[C@H]1C[C@H]2CC[C@@H]1C2)OCCl. The van der Waals surface area contributed by atoms with E-state index < -0.39 is 0 Å². The highest BCUT2D eigenvalue weighted by Crippen LogP contribution is 2.44. The maximum Gasteiger partial charge on any atom is 0.408 e. The average molecular weight is 204 g/mol. The number of nitrogens with one attached hydrogen (secondary N) is 1. The van der Waals surface area contributed by atoms with E-state index in [9.17, 15) is 4.79 Å². The molecule has 0 aromatic heterocycles. The summed E-state index contributed by atoms with van der Waals surface area (Å²) < 4.78 is 4.63. The first-order valence-electron chi connectivity index (χ1n) is 4.79. The van der Waals surface area contributed by atoms with Gasteiger partial charge in [0.15, 0.2) is 6.07 Å². The molecule has 2 aliphatic carbocycles. The summed E-state index contributed by atoms with van der Waals surface area (Å²) in [6, 6.07) is 0.279. The number of hydrogen-bond donors (Lipinski definition) is 1. The minimum atomic E-state index is -0.368. The Bertz CT molecular complexity index is 210. The van der Waals surface area contributed by atoms with E-state index in [0.29, 0.717) is 12.0 Å². The predicted molar refractivity (Wildman–Crippen MR) is 49.6 cm³/mol. The zero-order chi connectivity index (χ0) is 9.26. The molecule has 2 bridgehead atoms. The molecule has 3 nitrogen and oxygen atoms in total. The first-order chi connectivity index (χ1) is 6.29. The van der Waals surface area contributed by atoms with Gasteiger partial charge in [0.05, 0.1) is 0 Å².